The van der Waals surface area contributed by atoms with E-state index < -0.39 is 49.0 Å². The lowest BCUT2D eigenvalue weighted by Gasteiger charge is -2.36. The molecule has 1 aliphatic rings. The molecule has 266 valence electrons. The third-order valence-corrected chi connectivity index (χ3v) is 8.16. The molecule has 3 N–H and O–H groups in total. The molecule has 3 rings (SSSR count). The van der Waals surface area contributed by atoms with Gasteiger partial charge < -0.3 is 39.8 Å². The van der Waals surface area contributed by atoms with Gasteiger partial charge in [-0.15, -0.1) is 0 Å². The van der Waals surface area contributed by atoms with Gasteiger partial charge in [-0.2, -0.15) is 13.2 Å². The molecule has 0 bridgehead atoms. The topological polar surface area (TPSA) is 130 Å². The van der Waals surface area contributed by atoms with Gasteiger partial charge in [0.25, 0.3) is 5.91 Å². The smallest absolute Gasteiger partial charge is 0.389 e. The number of carbonyl (C=O) groups excluding carboxylic acids is 3. The number of hydrogen-bond donors (Lipinski definition) is 3. The minimum atomic E-state index is -4.45. The summed E-state index contributed by atoms with van der Waals surface area (Å²) in [6.45, 7) is 5.52. The third kappa shape index (κ3) is 11.9. The van der Waals surface area contributed by atoms with Crippen molar-refractivity contribution in [1.82, 2.24) is 9.80 Å². The zero-order valence-electron chi connectivity index (χ0n) is 28.1. The Bertz CT molecular complexity index is 1360. The Kier molecular flexibility index (Phi) is 14.3. The van der Waals surface area contributed by atoms with Crippen LogP contribution in [0.25, 0.3) is 0 Å². The summed E-state index contributed by atoms with van der Waals surface area (Å²) in [6, 6.07) is 10.4. The van der Waals surface area contributed by atoms with E-state index in [-0.39, 0.29) is 37.3 Å². The molecule has 2 aromatic rings. The second-order valence-corrected chi connectivity index (χ2v) is 12.2. The lowest BCUT2D eigenvalue weighted by Crippen LogP contribution is -2.48. The standard InChI is InChI=1S/C34H47F3N4O7/c1-22-19-41(23(2)21-42)32(44)28-18-26(39-33(45)38-25-9-12-27(46-5)13-10-25)11-14-29(28)48-24(3)8-6-7-17-47-30(22)20-40(4)31(43)15-16-34(35,36)37/h9-14,18,22-24,30,42H,6-8,15-17,19-21H2,1-5H3,(H2,38,39,45)/t22-,23+,24+,30+/m1/s1. The summed E-state index contributed by atoms with van der Waals surface area (Å²) in [6.07, 6.45) is -5.14. The van der Waals surface area contributed by atoms with Crippen molar-refractivity contribution in [3.05, 3.63) is 48.0 Å². The van der Waals surface area contributed by atoms with Crippen LogP contribution >= 0.6 is 0 Å². The van der Waals surface area contributed by atoms with E-state index in [1.165, 1.54) is 22.9 Å². The van der Waals surface area contributed by atoms with Crippen LogP contribution in [-0.2, 0) is 9.53 Å². The summed E-state index contributed by atoms with van der Waals surface area (Å²) in [5.41, 5.74) is 1.03. The monoisotopic (exact) mass is 680 g/mol. The van der Waals surface area contributed by atoms with Gasteiger partial charge in [0.05, 0.1) is 44.0 Å². The number of aliphatic hydroxyl groups is 1. The molecule has 0 spiro atoms. The first-order valence-corrected chi connectivity index (χ1v) is 16.1. The number of carbonyl (C=O) groups is 3. The highest BCUT2D eigenvalue weighted by molar-refractivity contribution is 6.02. The predicted molar refractivity (Wildman–Crippen MR) is 175 cm³/mol. The molecule has 0 aliphatic carbocycles. The molecule has 0 fully saturated rings. The fraction of sp³-hybridized carbons (Fsp3) is 0.559. The second-order valence-electron chi connectivity index (χ2n) is 12.2. The van der Waals surface area contributed by atoms with Gasteiger partial charge in [-0.05, 0) is 75.6 Å². The number of methoxy groups -OCH3 is 1. The number of fused-ring (bicyclic) bond motifs is 1. The molecule has 1 aliphatic heterocycles. The summed E-state index contributed by atoms with van der Waals surface area (Å²) < 4.78 is 55.8. The van der Waals surface area contributed by atoms with E-state index in [2.05, 4.69) is 10.6 Å². The number of ether oxygens (including phenoxy) is 3. The first-order valence-electron chi connectivity index (χ1n) is 16.1. The summed E-state index contributed by atoms with van der Waals surface area (Å²) in [5.74, 6) is -0.555. The molecule has 1 heterocycles. The van der Waals surface area contributed by atoms with Crippen LogP contribution in [0.5, 0.6) is 11.5 Å². The molecule has 0 saturated heterocycles. The number of halogens is 3. The van der Waals surface area contributed by atoms with Crippen molar-refractivity contribution < 1.29 is 46.9 Å². The molecular weight excluding hydrogens is 633 g/mol. The number of likely N-dealkylation sites (N-methyl/N-ethyl adjacent to an activating group) is 1. The molecular formula is C34H47F3N4O7. The van der Waals surface area contributed by atoms with Crippen molar-refractivity contribution in [2.75, 3.05) is 51.1 Å². The van der Waals surface area contributed by atoms with Gasteiger partial charge in [0.15, 0.2) is 0 Å². The van der Waals surface area contributed by atoms with Gasteiger partial charge in [-0.3, -0.25) is 9.59 Å². The number of aliphatic hydroxyl groups excluding tert-OH is 1. The van der Waals surface area contributed by atoms with E-state index >= 15 is 0 Å². The van der Waals surface area contributed by atoms with Crippen LogP contribution < -0.4 is 20.1 Å². The summed E-state index contributed by atoms with van der Waals surface area (Å²) in [5, 5.41) is 15.6. The van der Waals surface area contributed by atoms with Crippen LogP contribution in [0, 0.1) is 5.92 Å². The average Bonchev–Trinajstić information content (AvgIpc) is 3.04. The van der Waals surface area contributed by atoms with Crippen LogP contribution in [-0.4, -0.2) is 97.6 Å². The van der Waals surface area contributed by atoms with Crippen molar-refractivity contribution in [3.8, 4) is 11.5 Å². The first kappa shape index (κ1) is 38.4. The Labute approximate surface area is 279 Å². The van der Waals surface area contributed by atoms with E-state index in [1.54, 1.807) is 50.4 Å². The number of nitrogens with zero attached hydrogens (tertiary/aromatic N) is 2. The Hall–Kier alpha value is -4.04. The molecule has 48 heavy (non-hydrogen) atoms. The van der Waals surface area contributed by atoms with Gasteiger partial charge in [0.1, 0.15) is 11.5 Å². The summed E-state index contributed by atoms with van der Waals surface area (Å²) in [7, 11) is 2.98. The average molecular weight is 681 g/mol. The van der Waals surface area contributed by atoms with Crippen LogP contribution in [0.15, 0.2) is 42.5 Å². The van der Waals surface area contributed by atoms with Gasteiger partial charge in [-0.25, -0.2) is 4.79 Å². The number of benzene rings is 2. The minimum absolute atomic E-state index is 0.0286. The Balaban J connectivity index is 1.88. The van der Waals surface area contributed by atoms with Crippen molar-refractivity contribution in [2.45, 2.75) is 77.3 Å². The molecule has 0 radical (unpaired) electrons. The largest absolute Gasteiger partial charge is 0.497 e. The van der Waals surface area contributed by atoms with Crippen molar-refractivity contribution >= 4 is 29.2 Å². The van der Waals surface area contributed by atoms with E-state index in [9.17, 15) is 32.7 Å². The van der Waals surface area contributed by atoms with Crippen LogP contribution in [0.2, 0.25) is 0 Å². The zero-order valence-corrected chi connectivity index (χ0v) is 28.1. The van der Waals surface area contributed by atoms with Crippen molar-refractivity contribution in [3.63, 3.8) is 0 Å². The van der Waals surface area contributed by atoms with Crippen LogP contribution in [0.1, 0.15) is 63.2 Å². The highest BCUT2D eigenvalue weighted by atomic mass is 19.4. The molecule has 11 nitrogen and oxygen atoms in total. The van der Waals surface area contributed by atoms with Crippen LogP contribution in [0.3, 0.4) is 0 Å². The van der Waals surface area contributed by atoms with Gasteiger partial charge in [0, 0.05) is 50.5 Å². The maximum atomic E-state index is 14.2. The molecule has 4 amide bonds. The maximum Gasteiger partial charge on any atom is 0.389 e. The Morgan fingerprint density at radius 3 is 2.42 bits per heavy atom. The number of nitrogens with one attached hydrogen (secondary N) is 2. The second kappa shape index (κ2) is 17.9. The van der Waals surface area contributed by atoms with Gasteiger partial charge in [0.2, 0.25) is 5.91 Å². The van der Waals surface area contributed by atoms with E-state index in [0.717, 1.165) is 6.42 Å². The highest BCUT2D eigenvalue weighted by Gasteiger charge is 2.32. The van der Waals surface area contributed by atoms with Crippen molar-refractivity contribution in [1.29, 1.82) is 0 Å². The summed E-state index contributed by atoms with van der Waals surface area (Å²) >= 11 is 0. The molecule has 0 saturated carbocycles. The zero-order chi connectivity index (χ0) is 35.4. The quantitative estimate of drug-likeness (QED) is 0.299. The lowest BCUT2D eigenvalue weighted by atomic mass is 10.0. The fourth-order valence-corrected chi connectivity index (χ4v) is 5.24. The molecule has 0 aromatic heterocycles. The molecule has 2 aromatic carbocycles. The minimum Gasteiger partial charge on any atom is -0.497 e. The SMILES string of the molecule is COc1ccc(NC(=O)Nc2ccc3c(c2)C(=O)N([C@@H](C)CO)C[C@@H](C)[C@H](CN(C)C(=O)CCC(F)(F)F)OCCCC[C@H](C)O3)cc1. The third-order valence-electron chi connectivity index (χ3n) is 8.16. The first-order chi connectivity index (χ1) is 22.7. The number of anilines is 2. The maximum absolute atomic E-state index is 14.2. The normalized spacial score (nSPS) is 20.1. The Morgan fingerprint density at radius 1 is 1.10 bits per heavy atom. The number of hydrogen-bond acceptors (Lipinski definition) is 7. The fourth-order valence-electron chi connectivity index (χ4n) is 5.24. The predicted octanol–water partition coefficient (Wildman–Crippen LogP) is 5.94. The van der Waals surface area contributed by atoms with Gasteiger partial charge >= 0.3 is 12.2 Å². The molecule has 4 atom stereocenters. The Morgan fingerprint density at radius 2 is 1.77 bits per heavy atom. The van der Waals surface area contributed by atoms with E-state index in [1.807, 2.05) is 13.8 Å². The molecule has 14 heteroatoms. The van der Waals surface area contributed by atoms with Crippen LogP contribution in [0.4, 0.5) is 29.3 Å². The number of urea groups is 1. The number of alkyl halides is 3. The van der Waals surface area contributed by atoms with E-state index in [0.29, 0.717) is 42.3 Å². The molecule has 0 unspecified atom stereocenters. The van der Waals surface area contributed by atoms with E-state index in [4.69, 9.17) is 14.2 Å². The number of amides is 4. The summed E-state index contributed by atoms with van der Waals surface area (Å²) in [4.78, 5) is 42.3. The highest BCUT2D eigenvalue weighted by Crippen LogP contribution is 2.29. The van der Waals surface area contributed by atoms with Gasteiger partial charge in [-0.1, -0.05) is 6.92 Å². The van der Waals surface area contributed by atoms with Crippen molar-refractivity contribution in [2.24, 2.45) is 5.92 Å². The number of rotatable bonds is 9. The lowest BCUT2D eigenvalue weighted by molar-refractivity contribution is -0.149.